The molecule has 3 rings (SSSR count). The highest BCUT2D eigenvalue weighted by atomic mass is 32.2. The summed E-state index contributed by atoms with van der Waals surface area (Å²) in [5.74, 6) is -0.282. The summed E-state index contributed by atoms with van der Waals surface area (Å²) in [6.07, 6.45) is 8.56. The van der Waals surface area contributed by atoms with E-state index in [-0.39, 0.29) is 5.91 Å². The molecule has 0 bridgehead atoms. The molecular weight excluding hydrogens is 328 g/mol. The second-order valence-corrected chi connectivity index (χ2v) is 7.83. The predicted octanol–water partition coefficient (Wildman–Crippen LogP) is 1.62. The number of rotatable bonds is 4. The van der Waals surface area contributed by atoms with Gasteiger partial charge in [-0.25, -0.2) is 13.4 Å². The van der Waals surface area contributed by atoms with Crippen LogP contribution in [0, 0.1) is 0 Å². The molecule has 1 aliphatic heterocycles. The van der Waals surface area contributed by atoms with Crippen LogP contribution in [0.3, 0.4) is 0 Å². The van der Waals surface area contributed by atoms with Gasteiger partial charge in [-0.05, 0) is 37.1 Å². The number of amides is 1. The molecule has 0 aliphatic carbocycles. The van der Waals surface area contributed by atoms with Gasteiger partial charge in [0, 0.05) is 30.3 Å². The first-order valence-corrected chi connectivity index (χ1v) is 9.66. The van der Waals surface area contributed by atoms with Gasteiger partial charge in [0.1, 0.15) is 6.04 Å². The Bertz CT molecular complexity index is 800. The number of nitrogens with one attached hydrogen (secondary N) is 1. The zero-order chi connectivity index (χ0) is 17.2. The minimum atomic E-state index is -3.39. The van der Waals surface area contributed by atoms with Crippen molar-refractivity contribution < 1.29 is 13.2 Å². The van der Waals surface area contributed by atoms with Gasteiger partial charge in [-0.3, -0.25) is 4.79 Å². The SMILES string of the molecule is CS(=O)(=O)N1CCCCC1C(=O)Nc1ccc(-n2ccnc2)cc1. The van der Waals surface area contributed by atoms with Gasteiger partial charge in [-0.1, -0.05) is 6.42 Å². The Hall–Kier alpha value is -2.19. The topological polar surface area (TPSA) is 84.3 Å². The number of aromatic nitrogens is 2. The Morgan fingerprint density at radius 3 is 2.62 bits per heavy atom. The molecule has 0 saturated carbocycles. The molecule has 0 radical (unpaired) electrons. The maximum absolute atomic E-state index is 12.5. The maximum Gasteiger partial charge on any atom is 0.242 e. The van der Waals surface area contributed by atoms with E-state index in [2.05, 4.69) is 10.3 Å². The Morgan fingerprint density at radius 2 is 2.00 bits per heavy atom. The molecule has 1 N–H and O–H groups in total. The van der Waals surface area contributed by atoms with Crippen molar-refractivity contribution in [3.63, 3.8) is 0 Å². The summed E-state index contributed by atoms with van der Waals surface area (Å²) in [6.45, 7) is 0.399. The highest BCUT2D eigenvalue weighted by Gasteiger charge is 2.34. The largest absolute Gasteiger partial charge is 0.325 e. The van der Waals surface area contributed by atoms with Crippen molar-refractivity contribution >= 4 is 21.6 Å². The first-order chi connectivity index (χ1) is 11.4. The van der Waals surface area contributed by atoms with Crippen molar-refractivity contribution in [2.75, 3.05) is 18.1 Å². The summed E-state index contributed by atoms with van der Waals surface area (Å²) in [5.41, 5.74) is 1.57. The minimum absolute atomic E-state index is 0.282. The van der Waals surface area contributed by atoms with Gasteiger partial charge in [0.25, 0.3) is 0 Å². The van der Waals surface area contributed by atoms with Crippen LogP contribution in [0.25, 0.3) is 5.69 Å². The van der Waals surface area contributed by atoms with Gasteiger partial charge < -0.3 is 9.88 Å². The molecular formula is C16H20N4O3S. The van der Waals surface area contributed by atoms with E-state index in [4.69, 9.17) is 0 Å². The monoisotopic (exact) mass is 348 g/mol. The second-order valence-electron chi connectivity index (χ2n) is 5.89. The number of benzene rings is 1. The van der Waals surface area contributed by atoms with E-state index in [1.807, 2.05) is 22.9 Å². The molecule has 0 spiro atoms. The van der Waals surface area contributed by atoms with Crippen molar-refractivity contribution in [1.29, 1.82) is 0 Å². The number of piperidine rings is 1. The third-order valence-corrected chi connectivity index (χ3v) is 5.41. The van der Waals surface area contributed by atoms with Gasteiger partial charge in [0.05, 0.1) is 12.6 Å². The molecule has 1 amide bonds. The Balaban J connectivity index is 1.72. The normalized spacial score (nSPS) is 19.1. The van der Waals surface area contributed by atoms with Crippen LogP contribution in [0.2, 0.25) is 0 Å². The van der Waals surface area contributed by atoms with Gasteiger partial charge in [-0.2, -0.15) is 4.31 Å². The van der Waals surface area contributed by atoms with Crippen LogP contribution in [0.1, 0.15) is 19.3 Å². The quantitative estimate of drug-likeness (QED) is 0.910. The van der Waals surface area contributed by atoms with Crippen LogP contribution in [0.5, 0.6) is 0 Å². The standard InChI is InChI=1S/C16H20N4O3S/c1-24(22,23)20-10-3-2-4-15(20)16(21)18-13-5-7-14(8-6-13)19-11-9-17-12-19/h5-9,11-12,15H,2-4,10H2,1H3,(H,18,21). The van der Waals surface area contributed by atoms with Crippen LogP contribution >= 0.6 is 0 Å². The van der Waals surface area contributed by atoms with Crippen LogP contribution in [0.4, 0.5) is 5.69 Å². The first-order valence-electron chi connectivity index (χ1n) is 7.81. The Morgan fingerprint density at radius 1 is 1.25 bits per heavy atom. The molecule has 1 fully saturated rings. The summed E-state index contributed by atoms with van der Waals surface area (Å²) >= 11 is 0. The van der Waals surface area contributed by atoms with Gasteiger partial charge >= 0.3 is 0 Å². The average molecular weight is 348 g/mol. The van der Waals surface area contributed by atoms with Crippen LogP contribution < -0.4 is 5.32 Å². The van der Waals surface area contributed by atoms with E-state index in [1.165, 1.54) is 4.31 Å². The highest BCUT2D eigenvalue weighted by molar-refractivity contribution is 7.88. The number of carbonyl (C=O) groups excluding carboxylic acids is 1. The molecule has 1 aromatic carbocycles. The first kappa shape index (κ1) is 16.7. The molecule has 128 valence electrons. The fourth-order valence-electron chi connectivity index (χ4n) is 2.92. The molecule has 1 unspecified atom stereocenters. The minimum Gasteiger partial charge on any atom is -0.325 e. The molecule has 1 aromatic heterocycles. The van der Waals surface area contributed by atoms with Gasteiger partial charge in [0.2, 0.25) is 15.9 Å². The number of nitrogens with zero attached hydrogens (tertiary/aromatic N) is 3. The number of carbonyl (C=O) groups is 1. The number of sulfonamides is 1. The van der Waals surface area contributed by atoms with Crippen molar-refractivity contribution in [2.45, 2.75) is 25.3 Å². The van der Waals surface area contributed by atoms with Crippen molar-refractivity contribution in [3.8, 4) is 5.69 Å². The van der Waals surface area contributed by atoms with E-state index in [9.17, 15) is 13.2 Å². The summed E-state index contributed by atoms with van der Waals surface area (Å²) in [6, 6.07) is 6.68. The third kappa shape index (κ3) is 3.65. The van der Waals surface area contributed by atoms with Crippen LogP contribution in [-0.4, -0.2) is 47.0 Å². The smallest absolute Gasteiger partial charge is 0.242 e. The lowest BCUT2D eigenvalue weighted by molar-refractivity contribution is -0.120. The lowest BCUT2D eigenvalue weighted by atomic mass is 10.0. The van der Waals surface area contributed by atoms with Crippen molar-refractivity contribution in [3.05, 3.63) is 43.0 Å². The summed E-state index contributed by atoms with van der Waals surface area (Å²) < 4.78 is 26.9. The van der Waals surface area contributed by atoms with E-state index in [1.54, 1.807) is 24.7 Å². The van der Waals surface area contributed by atoms with Crippen LogP contribution in [0.15, 0.2) is 43.0 Å². The summed E-state index contributed by atoms with van der Waals surface area (Å²) in [7, 11) is -3.39. The van der Waals surface area contributed by atoms with E-state index in [0.717, 1.165) is 24.8 Å². The van der Waals surface area contributed by atoms with E-state index in [0.29, 0.717) is 18.7 Å². The molecule has 8 heteroatoms. The number of hydrogen-bond acceptors (Lipinski definition) is 4. The van der Waals surface area contributed by atoms with E-state index < -0.39 is 16.1 Å². The van der Waals surface area contributed by atoms with E-state index >= 15 is 0 Å². The van der Waals surface area contributed by atoms with Crippen molar-refractivity contribution in [2.24, 2.45) is 0 Å². The maximum atomic E-state index is 12.5. The molecule has 1 aliphatic rings. The van der Waals surface area contributed by atoms with Gasteiger partial charge in [-0.15, -0.1) is 0 Å². The average Bonchev–Trinajstić information content (AvgIpc) is 3.09. The van der Waals surface area contributed by atoms with Gasteiger partial charge in [0.15, 0.2) is 0 Å². The number of anilines is 1. The molecule has 1 atom stereocenters. The zero-order valence-electron chi connectivity index (χ0n) is 13.4. The lowest BCUT2D eigenvalue weighted by Crippen LogP contribution is -2.49. The van der Waals surface area contributed by atoms with Crippen LogP contribution in [-0.2, 0) is 14.8 Å². The third-order valence-electron chi connectivity index (χ3n) is 4.12. The lowest BCUT2D eigenvalue weighted by Gasteiger charge is -2.32. The Labute approximate surface area is 141 Å². The fourth-order valence-corrected chi connectivity index (χ4v) is 4.04. The zero-order valence-corrected chi connectivity index (χ0v) is 14.2. The molecule has 24 heavy (non-hydrogen) atoms. The second kappa shape index (κ2) is 6.74. The summed E-state index contributed by atoms with van der Waals surface area (Å²) in [4.78, 5) is 16.5. The number of imidazole rings is 1. The molecule has 2 aromatic rings. The highest BCUT2D eigenvalue weighted by Crippen LogP contribution is 2.22. The fraction of sp³-hybridized carbons (Fsp3) is 0.375. The number of hydrogen-bond donors (Lipinski definition) is 1. The van der Waals surface area contributed by atoms with Crippen molar-refractivity contribution in [1.82, 2.24) is 13.9 Å². The molecule has 1 saturated heterocycles. The predicted molar refractivity (Wildman–Crippen MR) is 91.4 cm³/mol. The molecule has 2 heterocycles. The molecule has 7 nitrogen and oxygen atoms in total. The Kier molecular flexibility index (Phi) is 4.68. The summed E-state index contributed by atoms with van der Waals surface area (Å²) in [5, 5.41) is 2.82.